The number of sulfonamides is 1. The number of rotatable bonds is 6. The van der Waals surface area contributed by atoms with Gasteiger partial charge in [0.15, 0.2) is 5.17 Å². The minimum Gasteiger partial charge on any atom is -0.481 e. The summed E-state index contributed by atoms with van der Waals surface area (Å²) in [7, 11) is -3.34. The van der Waals surface area contributed by atoms with Crippen LogP contribution in [0.3, 0.4) is 0 Å². The highest BCUT2D eigenvalue weighted by Gasteiger charge is 2.32. The molecule has 1 fully saturated rings. The van der Waals surface area contributed by atoms with E-state index in [1.54, 1.807) is 31.2 Å². The normalized spacial score (nSPS) is 19.8. The van der Waals surface area contributed by atoms with Crippen molar-refractivity contribution in [2.24, 2.45) is 10.2 Å². The van der Waals surface area contributed by atoms with Gasteiger partial charge in [-0.2, -0.15) is 5.10 Å². The van der Waals surface area contributed by atoms with Crippen LogP contribution in [0.4, 0.5) is 5.69 Å². The lowest BCUT2D eigenvalue weighted by molar-refractivity contribution is -0.138. The Kier molecular flexibility index (Phi) is 5.80. The highest BCUT2D eigenvalue weighted by atomic mass is 32.2. The number of nitrogens with zero attached hydrogens (tertiary/aromatic N) is 2. The molecule has 1 atom stereocenters. The molecule has 0 spiro atoms. The van der Waals surface area contributed by atoms with Crippen LogP contribution in [0.1, 0.15) is 18.9 Å². The van der Waals surface area contributed by atoms with Gasteiger partial charge >= 0.3 is 5.97 Å². The van der Waals surface area contributed by atoms with Crippen LogP contribution in [0.15, 0.2) is 34.5 Å². The fourth-order valence-corrected chi connectivity index (χ4v) is 3.39. The van der Waals surface area contributed by atoms with Crippen molar-refractivity contribution in [1.29, 1.82) is 0 Å². The number of aliphatic carboxylic acids is 1. The SMILES string of the molecule is CC(=N/N=C1\NC(=O)C(CC(=O)O)S1)c1ccc(NS(C)(=O)=O)cc1. The van der Waals surface area contributed by atoms with Crippen molar-refractivity contribution in [3.8, 4) is 0 Å². The van der Waals surface area contributed by atoms with E-state index in [4.69, 9.17) is 5.11 Å². The molecule has 9 nitrogen and oxygen atoms in total. The van der Waals surface area contributed by atoms with Gasteiger partial charge in [-0.3, -0.25) is 14.3 Å². The van der Waals surface area contributed by atoms with Crippen molar-refractivity contribution in [1.82, 2.24) is 5.32 Å². The van der Waals surface area contributed by atoms with Crippen LogP contribution in [-0.2, 0) is 19.6 Å². The van der Waals surface area contributed by atoms with Gasteiger partial charge in [0, 0.05) is 5.69 Å². The first-order valence-corrected chi connectivity index (χ1v) is 9.81. The first kappa shape index (κ1) is 18.9. The van der Waals surface area contributed by atoms with Gasteiger partial charge in [-0.15, -0.1) is 5.10 Å². The Balaban J connectivity index is 2.06. The summed E-state index contributed by atoms with van der Waals surface area (Å²) in [6.07, 6.45) is 0.780. The van der Waals surface area contributed by atoms with Crippen LogP contribution in [0, 0.1) is 0 Å². The largest absolute Gasteiger partial charge is 0.481 e. The number of thioether (sulfide) groups is 1. The Labute approximate surface area is 148 Å². The predicted octanol–water partition coefficient (Wildman–Crippen LogP) is 0.844. The smallest absolute Gasteiger partial charge is 0.305 e. The van der Waals surface area contributed by atoms with Gasteiger partial charge < -0.3 is 10.4 Å². The van der Waals surface area contributed by atoms with Crippen LogP contribution < -0.4 is 10.0 Å². The van der Waals surface area contributed by atoms with Crippen LogP contribution >= 0.6 is 11.8 Å². The maximum absolute atomic E-state index is 11.6. The maximum Gasteiger partial charge on any atom is 0.305 e. The quantitative estimate of drug-likeness (QED) is 0.491. The third-order valence-electron chi connectivity index (χ3n) is 3.03. The van der Waals surface area contributed by atoms with E-state index in [2.05, 4.69) is 20.2 Å². The molecule has 0 radical (unpaired) electrons. The number of carboxylic acids is 1. The Bertz CT molecular complexity index is 846. The Morgan fingerprint density at radius 1 is 1.36 bits per heavy atom. The maximum atomic E-state index is 11.6. The third kappa shape index (κ3) is 5.87. The number of amides is 1. The number of carbonyl (C=O) groups excluding carboxylic acids is 1. The molecular formula is C14H16N4O5S2. The average Bonchev–Trinajstić information content (AvgIpc) is 2.83. The summed E-state index contributed by atoms with van der Waals surface area (Å²) in [5.41, 5.74) is 1.70. The van der Waals surface area contributed by atoms with Crippen molar-refractivity contribution in [2.45, 2.75) is 18.6 Å². The highest BCUT2D eigenvalue weighted by Crippen LogP contribution is 2.22. The zero-order valence-corrected chi connectivity index (χ0v) is 15.0. The van der Waals surface area contributed by atoms with E-state index in [0.29, 0.717) is 11.4 Å². The molecule has 1 saturated heterocycles. The lowest BCUT2D eigenvalue weighted by Gasteiger charge is -2.05. The molecule has 1 aromatic rings. The number of hydrogen-bond donors (Lipinski definition) is 3. The molecule has 25 heavy (non-hydrogen) atoms. The zero-order valence-electron chi connectivity index (χ0n) is 13.4. The lowest BCUT2D eigenvalue weighted by Crippen LogP contribution is -2.26. The molecule has 134 valence electrons. The Morgan fingerprint density at radius 3 is 2.56 bits per heavy atom. The second-order valence-corrected chi connectivity index (χ2v) is 8.18. The summed E-state index contributed by atoms with van der Waals surface area (Å²) < 4.78 is 24.7. The fraction of sp³-hybridized carbons (Fsp3) is 0.286. The predicted molar refractivity (Wildman–Crippen MR) is 96.3 cm³/mol. The van der Waals surface area contributed by atoms with Crippen molar-refractivity contribution >= 4 is 50.2 Å². The molecule has 1 aliphatic heterocycles. The summed E-state index contributed by atoms with van der Waals surface area (Å²) in [5, 5.41) is 18.7. The van der Waals surface area contributed by atoms with Crippen LogP contribution in [0.25, 0.3) is 0 Å². The minimum absolute atomic E-state index is 0.242. The van der Waals surface area contributed by atoms with Gasteiger partial charge in [0.1, 0.15) is 5.25 Å². The standard InChI is InChI=1S/C14H16N4O5S2/c1-8(9-3-5-10(6-4-9)18-25(2,22)23)16-17-14-15-13(21)11(24-14)7-12(19)20/h3-6,11,18H,7H2,1-2H3,(H,19,20)(H,15,17,21). The molecule has 1 aromatic carbocycles. The fourth-order valence-electron chi connectivity index (χ4n) is 1.92. The number of benzene rings is 1. The molecule has 1 unspecified atom stereocenters. The topological polar surface area (TPSA) is 137 Å². The van der Waals surface area contributed by atoms with E-state index in [1.807, 2.05) is 0 Å². The number of hydrogen-bond acceptors (Lipinski definition) is 7. The Hall–Kier alpha value is -2.40. The summed E-state index contributed by atoms with van der Waals surface area (Å²) in [5.74, 6) is -1.47. The van der Waals surface area contributed by atoms with Gasteiger partial charge in [-0.25, -0.2) is 8.42 Å². The van der Waals surface area contributed by atoms with Gasteiger partial charge in [0.05, 0.1) is 18.4 Å². The molecule has 0 saturated carbocycles. The van der Waals surface area contributed by atoms with Crippen molar-refractivity contribution in [3.05, 3.63) is 29.8 Å². The van der Waals surface area contributed by atoms with E-state index in [0.717, 1.165) is 23.6 Å². The molecule has 3 N–H and O–H groups in total. The van der Waals surface area contributed by atoms with Crippen LogP contribution in [0.5, 0.6) is 0 Å². The van der Waals surface area contributed by atoms with E-state index < -0.39 is 27.1 Å². The van der Waals surface area contributed by atoms with Gasteiger partial charge in [-0.05, 0) is 24.6 Å². The first-order chi connectivity index (χ1) is 11.6. The molecule has 2 rings (SSSR count). The number of carbonyl (C=O) groups is 2. The Morgan fingerprint density at radius 2 is 2.00 bits per heavy atom. The molecule has 1 aliphatic rings. The van der Waals surface area contributed by atoms with E-state index >= 15 is 0 Å². The van der Waals surface area contributed by atoms with Gasteiger partial charge in [0.2, 0.25) is 15.9 Å². The van der Waals surface area contributed by atoms with E-state index in [9.17, 15) is 18.0 Å². The minimum atomic E-state index is -3.34. The number of nitrogens with one attached hydrogen (secondary N) is 2. The molecule has 0 aromatic heterocycles. The van der Waals surface area contributed by atoms with Crippen molar-refractivity contribution < 1.29 is 23.1 Å². The van der Waals surface area contributed by atoms with E-state index in [-0.39, 0.29) is 11.6 Å². The van der Waals surface area contributed by atoms with Gasteiger partial charge in [0.25, 0.3) is 0 Å². The summed E-state index contributed by atoms with van der Waals surface area (Å²) in [6.45, 7) is 1.71. The molecule has 11 heteroatoms. The molecule has 0 aliphatic carbocycles. The number of anilines is 1. The monoisotopic (exact) mass is 384 g/mol. The number of carboxylic acid groups (broad SMARTS) is 1. The van der Waals surface area contributed by atoms with E-state index in [1.165, 1.54) is 0 Å². The molecule has 0 bridgehead atoms. The lowest BCUT2D eigenvalue weighted by atomic mass is 10.1. The summed E-state index contributed by atoms with van der Waals surface area (Å²) in [6, 6.07) is 6.55. The second kappa shape index (κ2) is 7.66. The molecular weight excluding hydrogens is 368 g/mol. The number of amidine groups is 1. The van der Waals surface area contributed by atoms with Crippen molar-refractivity contribution in [3.63, 3.8) is 0 Å². The van der Waals surface area contributed by atoms with Gasteiger partial charge in [-0.1, -0.05) is 23.9 Å². The van der Waals surface area contributed by atoms with Crippen molar-refractivity contribution in [2.75, 3.05) is 11.0 Å². The third-order valence-corrected chi connectivity index (χ3v) is 4.71. The zero-order chi connectivity index (χ0) is 18.6. The molecule has 1 heterocycles. The summed E-state index contributed by atoms with van der Waals surface area (Å²) >= 11 is 1.02. The average molecular weight is 384 g/mol. The molecule has 1 amide bonds. The summed E-state index contributed by atoms with van der Waals surface area (Å²) in [4.78, 5) is 22.3. The second-order valence-electron chi connectivity index (χ2n) is 5.24. The highest BCUT2D eigenvalue weighted by molar-refractivity contribution is 8.15. The first-order valence-electron chi connectivity index (χ1n) is 7.04. The van der Waals surface area contributed by atoms with Crippen LogP contribution in [-0.4, -0.2) is 47.8 Å². The van der Waals surface area contributed by atoms with Crippen LogP contribution in [0.2, 0.25) is 0 Å².